The molecule has 1 aromatic heterocycles. The molecule has 1 heterocycles. The van der Waals surface area contributed by atoms with E-state index in [1.54, 1.807) is 16.8 Å². The lowest BCUT2D eigenvalue weighted by molar-refractivity contribution is 0.102. The van der Waals surface area contributed by atoms with Crippen LogP contribution >= 0.6 is 31.9 Å². The molecule has 0 fully saturated rings. The smallest absolute Gasteiger partial charge is 0.256 e. The minimum atomic E-state index is -0.218. The Hall–Kier alpha value is -2.90. The van der Waals surface area contributed by atoms with Crippen molar-refractivity contribution in [2.24, 2.45) is 0 Å². The summed E-state index contributed by atoms with van der Waals surface area (Å²) in [6, 6.07) is 23.3. The Balaban J connectivity index is 1.37. The Morgan fingerprint density at radius 1 is 0.938 bits per heavy atom. The molecule has 0 spiro atoms. The minimum absolute atomic E-state index is 0.218. The Morgan fingerprint density at radius 2 is 1.62 bits per heavy atom. The van der Waals surface area contributed by atoms with Crippen LogP contribution < -0.4 is 10.1 Å². The topological polar surface area (TPSA) is 56.2 Å². The molecule has 0 radical (unpaired) electrons. The fourth-order valence-corrected chi connectivity index (χ4v) is 3.91. The van der Waals surface area contributed by atoms with Crippen LogP contribution in [0, 0.1) is 6.92 Å². The summed E-state index contributed by atoms with van der Waals surface area (Å²) < 4.78 is 9.26. The number of benzene rings is 3. The second kappa shape index (κ2) is 10.1. The predicted octanol–water partition coefficient (Wildman–Crippen LogP) is 6.60. The Bertz CT molecular complexity index is 1220. The first-order valence-electron chi connectivity index (χ1n) is 10.0. The van der Waals surface area contributed by atoms with Gasteiger partial charge in [0.2, 0.25) is 0 Å². The molecule has 0 aliphatic rings. The molecule has 0 bridgehead atoms. The third-order valence-electron chi connectivity index (χ3n) is 4.86. The summed E-state index contributed by atoms with van der Waals surface area (Å²) in [6.07, 6.45) is 1.86. The van der Waals surface area contributed by atoms with Gasteiger partial charge in [0, 0.05) is 11.8 Å². The number of aryl methyl sites for hydroxylation is 1. The van der Waals surface area contributed by atoms with Crippen molar-refractivity contribution in [1.29, 1.82) is 0 Å². The van der Waals surface area contributed by atoms with Gasteiger partial charge in [-0.2, -0.15) is 5.10 Å². The molecule has 7 heteroatoms. The standard InChI is InChI=1S/C25H21Br2N3O2/c1-17-6-8-18(9-7-17)14-30-15-22(27)24(29-30)28-25(31)20-12-10-19(11-13-20)16-32-23-5-3-2-4-21(23)26/h2-13,15H,14,16H2,1H3,(H,28,29,31). The average Bonchev–Trinajstić information content (AvgIpc) is 3.13. The van der Waals surface area contributed by atoms with Crippen molar-refractivity contribution in [3.63, 3.8) is 0 Å². The van der Waals surface area contributed by atoms with Crippen molar-refractivity contribution in [3.8, 4) is 5.75 Å². The first-order valence-corrected chi connectivity index (χ1v) is 11.6. The van der Waals surface area contributed by atoms with E-state index in [9.17, 15) is 4.79 Å². The molecule has 3 aromatic carbocycles. The second-order valence-electron chi connectivity index (χ2n) is 7.38. The van der Waals surface area contributed by atoms with Gasteiger partial charge in [-0.15, -0.1) is 0 Å². The Kier molecular flexibility index (Phi) is 7.07. The third-order valence-corrected chi connectivity index (χ3v) is 6.10. The molecule has 32 heavy (non-hydrogen) atoms. The van der Waals surface area contributed by atoms with E-state index in [0.717, 1.165) is 25.8 Å². The molecule has 4 rings (SSSR count). The van der Waals surface area contributed by atoms with Crippen LogP contribution in [0.25, 0.3) is 0 Å². The third kappa shape index (κ3) is 5.66. The molecule has 4 aromatic rings. The average molecular weight is 555 g/mol. The number of aromatic nitrogens is 2. The van der Waals surface area contributed by atoms with Crippen LogP contribution in [0.3, 0.4) is 0 Å². The molecule has 0 aliphatic carbocycles. The van der Waals surface area contributed by atoms with Crippen LogP contribution in [-0.4, -0.2) is 15.7 Å². The molecule has 0 saturated heterocycles. The van der Waals surface area contributed by atoms with Crippen LogP contribution in [0.5, 0.6) is 5.75 Å². The van der Waals surface area contributed by atoms with E-state index in [-0.39, 0.29) is 5.91 Å². The maximum Gasteiger partial charge on any atom is 0.256 e. The van der Waals surface area contributed by atoms with Gasteiger partial charge >= 0.3 is 0 Å². The number of nitrogens with one attached hydrogen (secondary N) is 1. The van der Waals surface area contributed by atoms with Gasteiger partial charge in [-0.05, 0) is 74.2 Å². The number of amides is 1. The maximum absolute atomic E-state index is 12.7. The number of carbonyl (C=O) groups is 1. The molecule has 1 N–H and O–H groups in total. The van der Waals surface area contributed by atoms with Gasteiger partial charge in [0.15, 0.2) is 5.82 Å². The second-order valence-corrected chi connectivity index (χ2v) is 9.09. The molecule has 0 saturated carbocycles. The van der Waals surface area contributed by atoms with Crippen molar-refractivity contribution in [3.05, 3.63) is 110 Å². The molecule has 5 nitrogen and oxygen atoms in total. The van der Waals surface area contributed by atoms with Crippen LogP contribution in [0.4, 0.5) is 5.82 Å². The van der Waals surface area contributed by atoms with Crippen molar-refractivity contribution in [2.45, 2.75) is 20.1 Å². The van der Waals surface area contributed by atoms with E-state index >= 15 is 0 Å². The highest BCUT2D eigenvalue weighted by molar-refractivity contribution is 9.11. The van der Waals surface area contributed by atoms with E-state index in [0.29, 0.717) is 24.5 Å². The highest BCUT2D eigenvalue weighted by atomic mass is 79.9. The van der Waals surface area contributed by atoms with Crippen molar-refractivity contribution >= 4 is 43.6 Å². The zero-order valence-electron chi connectivity index (χ0n) is 17.4. The number of anilines is 1. The van der Waals surface area contributed by atoms with E-state index in [2.05, 4.69) is 73.5 Å². The number of rotatable bonds is 7. The lowest BCUT2D eigenvalue weighted by Crippen LogP contribution is -2.13. The SMILES string of the molecule is Cc1ccc(Cn2cc(Br)c(NC(=O)c3ccc(COc4ccccc4Br)cc3)n2)cc1. The van der Waals surface area contributed by atoms with Crippen LogP contribution in [0.2, 0.25) is 0 Å². The van der Waals surface area contributed by atoms with E-state index in [1.165, 1.54) is 5.56 Å². The molecule has 162 valence electrons. The van der Waals surface area contributed by atoms with Gasteiger partial charge in [0.25, 0.3) is 5.91 Å². The zero-order chi connectivity index (χ0) is 22.5. The Labute approximate surface area is 203 Å². The summed E-state index contributed by atoms with van der Waals surface area (Å²) in [6.45, 7) is 3.10. The molecular formula is C25H21Br2N3O2. The maximum atomic E-state index is 12.7. The Morgan fingerprint density at radius 3 is 2.34 bits per heavy atom. The van der Waals surface area contributed by atoms with Crippen molar-refractivity contribution in [2.75, 3.05) is 5.32 Å². The normalized spacial score (nSPS) is 10.7. The van der Waals surface area contributed by atoms with E-state index in [4.69, 9.17) is 4.74 Å². The summed E-state index contributed by atoms with van der Waals surface area (Å²) in [4.78, 5) is 12.7. The molecule has 1 amide bonds. The largest absolute Gasteiger partial charge is 0.488 e. The molecule has 0 unspecified atom stereocenters. The van der Waals surface area contributed by atoms with Crippen LogP contribution in [0.1, 0.15) is 27.0 Å². The van der Waals surface area contributed by atoms with Gasteiger partial charge in [0.05, 0.1) is 15.5 Å². The predicted molar refractivity (Wildman–Crippen MR) is 133 cm³/mol. The highest BCUT2D eigenvalue weighted by Crippen LogP contribution is 2.25. The van der Waals surface area contributed by atoms with Gasteiger partial charge in [-0.25, -0.2) is 0 Å². The monoisotopic (exact) mass is 553 g/mol. The van der Waals surface area contributed by atoms with Gasteiger partial charge in [-0.3, -0.25) is 9.48 Å². The molecular weight excluding hydrogens is 534 g/mol. The zero-order valence-corrected chi connectivity index (χ0v) is 20.6. The van der Waals surface area contributed by atoms with Gasteiger partial charge < -0.3 is 10.1 Å². The summed E-state index contributed by atoms with van der Waals surface area (Å²) in [5, 5.41) is 7.37. The first kappa shape index (κ1) is 22.3. The van der Waals surface area contributed by atoms with Gasteiger partial charge in [-0.1, -0.05) is 54.1 Å². The number of nitrogens with zero attached hydrogens (tertiary/aromatic N) is 2. The number of hydrogen-bond donors (Lipinski definition) is 1. The minimum Gasteiger partial charge on any atom is -0.488 e. The summed E-state index contributed by atoms with van der Waals surface area (Å²) >= 11 is 6.96. The fourth-order valence-electron chi connectivity index (χ4n) is 3.10. The fraction of sp³-hybridized carbons (Fsp3) is 0.120. The number of halogens is 2. The van der Waals surface area contributed by atoms with Crippen molar-refractivity contribution in [1.82, 2.24) is 9.78 Å². The number of hydrogen-bond acceptors (Lipinski definition) is 3. The summed E-state index contributed by atoms with van der Waals surface area (Å²) in [7, 11) is 0. The van der Waals surface area contributed by atoms with E-state index < -0.39 is 0 Å². The number of ether oxygens (including phenoxy) is 1. The quantitative estimate of drug-likeness (QED) is 0.280. The number of para-hydroxylation sites is 1. The summed E-state index contributed by atoms with van der Waals surface area (Å²) in [5.74, 6) is 1.05. The van der Waals surface area contributed by atoms with E-state index in [1.807, 2.05) is 42.6 Å². The molecule has 0 atom stereocenters. The van der Waals surface area contributed by atoms with Crippen LogP contribution in [-0.2, 0) is 13.2 Å². The summed E-state index contributed by atoms with van der Waals surface area (Å²) in [5.41, 5.74) is 3.88. The van der Waals surface area contributed by atoms with Crippen LogP contribution in [0.15, 0.2) is 87.9 Å². The highest BCUT2D eigenvalue weighted by Gasteiger charge is 2.12. The first-order chi connectivity index (χ1) is 15.5. The molecule has 0 aliphatic heterocycles. The lowest BCUT2D eigenvalue weighted by Gasteiger charge is -2.09. The van der Waals surface area contributed by atoms with Crippen molar-refractivity contribution < 1.29 is 9.53 Å². The lowest BCUT2D eigenvalue weighted by atomic mass is 10.1. The number of carbonyl (C=O) groups excluding carboxylic acids is 1. The van der Waals surface area contributed by atoms with Gasteiger partial charge in [0.1, 0.15) is 12.4 Å².